The third kappa shape index (κ3) is 2.78. The Labute approximate surface area is 147 Å². The van der Waals surface area contributed by atoms with Gasteiger partial charge in [-0.25, -0.2) is 4.99 Å². The highest BCUT2D eigenvalue weighted by molar-refractivity contribution is 6.14. The fraction of sp³-hybridized carbons (Fsp3) is 0.286. The fourth-order valence-corrected chi connectivity index (χ4v) is 3.72. The van der Waals surface area contributed by atoms with Gasteiger partial charge in [0.1, 0.15) is 0 Å². The Bertz CT molecular complexity index is 916. The summed E-state index contributed by atoms with van der Waals surface area (Å²) in [4.78, 5) is 28.9. The van der Waals surface area contributed by atoms with Crippen molar-refractivity contribution in [2.24, 2.45) is 10.9 Å². The summed E-state index contributed by atoms with van der Waals surface area (Å²) in [5, 5.41) is 2.97. The SMILES string of the molecule is Cc1ccc(C(=O)N=C2C=CC3C(=C2)NC(=O)C2=C3CCC2)cc1C. The van der Waals surface area contributed by atoms with Gasteiger partial charge >= 0.3 is 0 Å². The standard InChI is InChI=1S/C21H20N2O2/c1-12-6-7-14(10-13(12)2)20(24)22-15-8-9-17-16-4-3-5-18(16)21(25)23-19(17)11-15/h6-11,17H,3-5H2,1-2H3,(H,23,25). The minimum atomic E-state index is -0.263. The number of fused-ring (bicyclic) bond motifs is 2. The van der Waals surface area contributed by atoms with E-state index in [-0.39, 0.29) is 17.7 Å². The van der Waals surface area contributed by atoms with Gasteiger partial charge < -0.3 is 5.32 Å². The van der Waals surface area contributed by atoms with E-state index in [1.165, 1.54) is 5.57 Å². The van der Waals surface area contributed by atoms with E-state index < -0.39 is 0 Å². The van der Waals surface area contributed by atoms with Gasteiger partial charge in [-0.2, -0.15) is 0 Å². The molecule has 1 aromatic carbocycles. The third-order valence-corrected chi connectivity index (χ3v) is 5.25. The van der Waals surface area contributed by atoms with Gasteiger partial charge in [-0.3, -0.25) is 9.59 Å². The van der Waals surface area contributed by atoms with Gasteiger partial charge in [0.2, 0.25) is 0 Å². The van der Waals surface area contributed by atoms with Crippen molar-refractivity contribution >= 4 is 17.5 Å². The summed E-state index contributed by atoms with van der Waals surface area (Å²) in [5.74, 6) is -0.128. The Morgan fingerprint density at radius 1 is 1.20 bits per heavy atom. The first-order valence-corrected chi connectivity index (χ1v) is 8.66. The molecule has 1 atom stereocenters. The predicted octanol–water partition coefficient (Wildman–Crippen LogP) is 3.56. The highest BCUT2D eigenvalue weighted by atomic mass is 16.2. The third-order valence-electron chi connectivity index (χ3n) is 5.25. The molecule has 1 N–H and O–H groups in total. The number of carbonyl (C=O) groups is 2. The molecule has 1 aromatic rings. The van der Waals surface area contributed by atoms with Crippen LogP contribution in [0.4, 0.5) is 0 Å². The van der Waals surface area contributed by atoms with E-state index in [0.717, 1.165) is 41.7 Å². The summed E-state index contributed by atoms with van der Waals surface area (Å²) < 4.78 is 0. The van der Waals surface area contributed by atoms with Crippen LogP contribution in [0.25, 0.3) is 0 Å². The molecule has 0 saturated carbocycles. The molecule has 1 heterocycles. The molecule has 0 radical (unpaired) electrons. The zero-order chi connectivity index (χ0) is 17.6. The maximum atomic E-state index is 12.4. The lowest BCUT2D eigenvalue weighted by molar-refractivity contribution is -0.117. The second-order valence-corrected chi connectivity index (χ2v) is 6.89. The van der Waals surface area contributed by atoms with Crippen LogP contribution >= 0.6 is 0 Å². The summed E-state index contributed by atoms with van der Waals surface area (Å²) in [6.07, 6.45) is 8.63. The fourth-order valence-electron chi connectivity index (χ4n) is 3.72. The van der Waals surface area contributed by atoms with Crippen molar-refractivity contribution < 1.29 is 9.59 Å². The van der Waals surface area contributed by atoms with Crippen molar-refractivity contribution in [3.8, 4) is 0 Å². The quantitative estimate of drug-likeness (QED) is 0.855. The largest absolute Gasteiger partial charge is 0.325 e. The Morgan fingerprint density at radius 3 is 2.84 bits per heavy atom. The van der Waals surface area contributed by atoms with Crippen molar-refractivity contribution in [2.75, 3.05) is 0 Å². The Morgan fingerprint density at radius 2 is 2.04 bits per heavy atom. The lowest BCUT2D eigenvalue weighted by atomic mass is 9.85. The summed E-state index contributed by atoms with van der Waals surface area (Å²) in [6, 6.07) is 5.60. The topological polar surface area (TPSA) is 58.5 Å². The zero-order valence-electron chi connectivity index (χ0n) is 14.4. The number of nitrogens with one attached hydrogen (secondary N) is 1. The first kappa shape index (κ1) is 15.8. The number of hydrogen-bond acceptors (Lipinski definition) is 2. The van der Waals surface area contributed by atoms with Crippen LogP contribution in [0.5, 0.6) is 0 Å². The molecule has 0 fully saturated rings. The molecule has 0 saturated heterocycles. The normalized spacial score (nSPS) is 23.3. The van der Waals surface area contributed by atoms with Gasteiger partial charge in [-0.05, 0) is 74.1 Å². The number of rotatable bonds is 1. The molecule has 0 aromatic heterocycles. The van der Waals surface area contributed by atoms with Gasteiger partial charge in [-0.15, -0.1) is 0 Å². The van der Waals surface area contributed by atoms with Gasteiger partial charge in [0.25, 0.3) is 11.8 Å². The highest BCUT2D eigenvalue weighted by Crippen LogP contribution is 2.39. The first-order valence-electron chi connectivity index (χ1n) is 8.66. The summed E-state index contributed by atoms with van der Waals surface area (Å²) in [7, 11) is 0. The van der Waals surface area contributed by atoms with Crippen LogP contribution in [0, 0.1) is 19.8 Å². The van der Waals surface area contributed by atoms with E-state index in [1.807, 2.05) is 44.2 Å². The molecule has 2 aliphatic carbocycles. The number of benzene rings is 1. The van der Waals surface area contributed by atoms with Crippen LogP contribution in [0.2, 0.25) is 0 Å². The summed E-state index contributed by atoms with van der Waals surface area (Å²) in [5.41, 5.74) is 6.39. The van der Waals surface area contributed by atoms with Gasteiger partial charge in [0.15, 0.2) is 0 Å². The second kappa shape index (κ2) is 5.96. The molecule has 0 bridgehead atoms. The molecule has 4 rings (SSSR count). The van der Waals surface area contributed by atoms with Gasteiger partial charge in [0, 0.05) is 22.8 Å². The number of amides is 2. The molecule has 1 unspecified atom stereocenters. The van der Waals surface area contributed by atoms with Crippen molar-refractivity contribution in [3.05, 3.63) is 70.0 Å². The monoisotopic (exact) mass is 332 g/mol. The molecule has 4 heteroatoms. The highest BCUT2D eigenvalue weighted by Gasteiger charge is 2.34. The average Bonchev–Trinajstić information content (AvgIpc) is 3.07. The number of aliphatic imine (C=N–C) groups is 1. The van der Waals surface area contributed by atoms with Crippen LogP contribution < -0.4 is 5.32 Å². The molecule has 25 heavy (non-hydrogen) atoms. The minimum Gasteiger partial charge on any atom is -0.325 e. The summed E-state index contributed by atoms with van der Waals surface area (Å²) in [6.45, 7) is 4.00. The molecule has 1 aliphatic heterocycles. The molecule has 2 amide bonds. The van der Waals surface area contributed by atoms with E-state index in [2.05, 4.69) is 10.3 Å². The van der Waals surface area contributed by atoms with E-state index in [4.69, 9.17) is 0 Å². The van der Waals surface area contributed by atoms with E-state index in [1.54, 1.807) is 6.07 Å². The van der Waals surface area contributed by atoms with Crippen LogP contribution in [-0.2, 0) is 4.79 Å². The van der Waals surface area contributed by atoms with Crippen molar-refractivity contribution in [1.29, 1.82) is 0 Å². The maximum Gasteiger partial charge on any atom is 0.277 e. The maximum absolute atomic E-state index is 12.4. The van der Waals surface area contributed by atoms with Crippen LogP contribution in [-0.4, -0.2) is 17.5 Å². The Kier molecular flexibility index (Phi) is 3.75. The molecular weight excluding hydrogens is 312 g/mol. The van der Waals surface area contributed by atoms with Crippen LogP contribution in [0.3, 0.4) is 0 Å². The molecule has 0 spiro atoms. The first-order chi connectivity index (χ1) is 12.0. The van der Waals surface area contributed by atoms with Crippen molar-refractivity contribution in [2.45, 2.75) is 33.1 Å². The van der Waals surface area contributed by atoms with Crippen LogP contribution in [0.15, 0.2) is 58.3 Å². The average molecular weight is 332 g/mol. The smallest absolute Gasteiger partial charge is 0.277 e. The lowest BCUT2D eigenvalue weighted by Crippen LogP contribution is -2.35. The molecule has 126 valence electrons. The number of hydrogen-bond donors (Lipinski definition) is 1. The van der Waals surface area contributed by atoms with Crippen LogP contribution in [0.1, 0.15) is 40.7 Å². The molecular formula is C21H20N2O2. The van der Waals surface area contributed by atoms with Gasteiger partial charge in [0.05, 0.1) is 5.71 Å². The zero-order valence-corrected chi connectivity index (χ0v) is 14.4. The van der Waals surface area contributed by atoms with Crippen molar-refractivity contribution in [1.82, 2.24) is 5.32 Å². The molecule has 3 aliphatic rings. The number of aryl methyl sites for hydroxylation is 2. The Hall–Kier alpha value is -2.75. The van der Waals surface area contributed by atoms with E-state index in [9.17, 15) is 9.59 Å². The van der Waals surface area contributed by atoms with E-state index in [0.29, 0.717) is 11.3 Å². The number of carbonyl (C=O) groups excluding carboxylic acids is 2. The minimum absolute atomic E-state index is 0.00476. The number of allylic oxidation sites excluding steroid dienone is 3. The van der Waals surface area contributed by atoms with E-state index >= 15 is 0 Å². The second-order valence-electron chi connectivity index (χ2n) is 6.89. The predicted molar refractivity (Wildman–Crippen MR) is 97.4 cm³/mol. The number of nitrogens with zero attached hydrogens (tertiary/aromatic N) is 1. The van der Waals surface area contributed by atoms with Crippen molar-refractivity contribution in [3.63, 3.8) is 0 Å². The lowest BCUT2D eigenvalue weighted by Gasteiger charge is -2.28. The van der Waals surface area contributed by atoms with Gasteiger partial charge in [-0.1, -0.05) is 12.1 Å². The summed E-state index contributed by atoms with van der Waals surface area (Å²) >= 11 is 0. The Balaban J connectivity index is 1.62. The molecule has 4 nitrogen and oxygen atoms in total.